The summed E-state index contributed by atoms with van der Waals surface area (Å²) in [4.78, 5) is 15.4. The minimum atomic E-state index is -0.948. The highest BCUT2D eigenvalue weighted by Gasteiger charge is 2.22. The average Bonchev–Trinajstić information content (AvgIpc) is 3.02. The zero-order valence-electron chi connectivity index (χ0n) is 26.9. The number of phenols is 1. The number of unbranched alkanes of at least 4 members (excludes halogenated alkanes) is 14. The molecular formula is C36H56N2O4S. The first kappa shape index (κ1) is 36.6. The molecule has 0 aliphatic rings. The largest absolute Gasteiger partial charge is 0.506 e. The topological polar surface area (TPSA) is 90.6 Å². The van der Waals surface area contributed by atoms with Gasteiger partial charge in [0.05, 0.1) is 30.4 Å². The molecule has 0 bridgehead atoms. The summed E-state index contributed by atoms with van der Waals surface area (Å²) in [7, 11) is -0.948. The fourth-order valence-corrected chi connectivity index (χ4v) is 6.51. The number of rotatable bonds is 25. The van der Waals surface area contributed by atoms with Crippen LogP contribution in [0, 0.1) is 11.3 Å². The molecule has 2 rings (SSSR count). The van der Waals surface area contributed by atoms with Gasteiger partial charge in [0.25, 0.3) is 5.91 Å². The number of amides is 1. The van der Waals surface area contributed by atoms with Gasteiger partial charge in [-0.2, -0.15) is 5.26 Å². The number of nitrogens with zero attached hydrogens (tertiary/aromatic N) is 2. The maximum atomic E-state index is 13.7. The molecule has 1 atom stereocenters. The van der Waals surface area contributed by atoms with Gasteiger partial charge in [-0.3, -0.25) is 9.00 Å². The summed E-state index contributed by atoms with van der Waals surface area (Å²) in [5.74, 6) is 1.23. The highest BCUT2D eigenvalue weighted by atomic mass is 32.2. The quantitative estimate of drug-likeness (QED) is 0.113. The van der Waals surface area contributed by atoms with Gasteiger partial charge in [0, 0.05) is 40.4 Å². The van der Waals surface area contributed by atoms with Gasteiger partial charge in [-0.25, -0.2) is 0 Å². The van der Waals surface area contributed by atoms with Gasteiger partial charge >= 0.3 is 0 Å². The highest BCUT2D eigenvalue weighted by Crippen LogP contribution is 2.36. The number of hydrogen-bond donors (Lipinski definition) is 1. The summed E-state index contributed by atoms with van der Waals surface area (Å²) >= 11 is 0. The molecule has 1 unspecified atom stereocenters. The van der Waals surface area contributed by atoms with Crippen molar-refractivity contribution in [3.05, 3.63) is 35.9 Å². The Hall–Kier alpha value is -2.59. The molecule has 7 heteroatoms. The summed E-state index contributed by atoms with van der Waals surface area (Å²) in [6.07, 6.45) is 19.9. The van der Waals surface area contributed by atoms with Crippen molar-refractivity contribution in [3.63, 3.8) is 0 Å². The maximum absolute atomic E-state index is 13.7. The van der Waals surface area contributed by atoms with Crippen molar-refractivity contribution >= 4 is 27.5 Å². The molecule has 0 aliphatic carbocycles. The fourth-order valence-electron chi connectivity index (χ4n) is 5.43. The Balaban J connectivity index is 1.89. The van der Waals surface area contributed by atoms with Crippen molar-refractivity contribution in [3.8, 4) is 17.6 Å². The first-order chi connectivity index (χ1) is 21.0. The van der Waals surface area contributed by atoms with Crippen LogP contribution in [0.5, 0.6) is 11.5 Å². The summed E-state index contributed by atoms with van der Waals surface area (Å²) < 4.78 is 18.3. The van der Waals surface area contributed by atoms with Crippen LogP contribution in [-0.4, -0.2) is 51.3 Å². The van der Waals surface area contributed by atoms with E-state index in [0.29, 0.717) is 41.1 Å². The molecular weight excluding hydrogens is 556 g/mol. The zero-order valence-corrected chi connectivity index (χ0v) is 27.7. The lowest BCUT2D eigenvalue weighted by Gasteiger charge is -2.23. The van der Waals surface area contributed by atoms with E-state index >= 15 is 0 Å². The molecule has 0 saturated heterocycles. The van der Waals surface area contributed by atoms with E-state index < -0.39 is 10.8 Å². The Labute approximate surface area is 263 Å². The number of hydrogen-bond acceptors (Lipinski definition) is 5. The van der Waals surface area contributed by atoms with E-state index in [-0.39, 0.29) is 30.2 Å². The van der Waals surface area contributed by atoms with Crippen molar-refractivity contribution in [1.82, 2.24) is 4.90 Å². The number of phenolic OH excluding ortho intramolecular Hbond substituents is 1. The standard InChI is InChI=1S/C36H56N2O4S/c1-3-5-7-8-9-10-11-12-13-14-15-16-17-20-25-38(26-21-24-37)36(40)33-30-34(42-27-29-43(41)28-6-4-2)31-22-18-19-23-32(31)35(33)39/h18-19,22-23,30,39H,3-17,20-21,25-29H2,1-2H3. The van der Waals surface area contributed by atoms with Crippen LogP contribution in [0.15, 0.2) is 30.3 Å². The molecule has 2 aromatic carbocycles. The Morgan fingerprint density at radius 2 is 1.37 bits per heavy atom. The van der Waals surface area contributed by atoms with Gasteiger partial charge in [-0.1, -0.05) is 128 Å². The van der Waals surface area contributed by atoms with Gasteiger partial charge in [0.1, 0.15) is 11.5 Å². The number of carbonyl (C=O) groups excluding carboxylic acids is 1. The molecule has 1 N–H and O–H groups in total. The Bertz CT molecular complexity index is 1130. The van der Waals surface area contributed by atoms with E-state index in [1.165, 1.54) is 70.6 Å². The molecule has 1 amide bonds. The first-order valence-corrected chi connectivity index (χ1v) is 18.4. The normalized spacial score (nSPS) is 11.8. The van der Waals surface area contributed by atoms with Crippen LogP contribution in [-0.2, 0) is 10.8 Å². The lowest BCUT2D eigenvalue weighted by atomic mass is 10.0. The van der Waals surface area contributed by atoms with Crippen LogP contribution in [0.25, 0.3) is 10.8 Å². The lowest BCUT2D eigenvalue weighted by molar-refractivity contribution is 0.0752. The van der Waals surface area contributed by atoms with E-state index in [0.717, 1.165) is 32.1 Å². The van der Waals surface area contributed by atoms with E-state index in [1.54, 1.807) is 17.0 Å². The number of nitriles is 1. The van der Waals surface area contributed by atoms with Crippen molar-refractivity contribution in [2.24, 2.45) is 0 Å². The number of benzene rings is 2. The van der Waals surface area contributed by atoms with Crippen molar-refractivity contribution in [1.29, 1.82) is 5.26 Å². The Morgan fingerprint density at radius 3 is 1.95 bits per heavy atom. The van der Waals surface area contributed by atoms with Crippen LogP contribution in [0.3, 0.4) is 0 Å². The maximum Gasteiger partial charge on any atom is 0.257 e. The zero-order chi connectivity index (χ0) is 31.1. The van der Waals surface area contributed by atoms with Crippen LogP contribution < -0.4 is 4.74 Å². The van der Waals surface area contributed by atoms with Gasteiger partial charge < -0.3 is 14.7 Å². The van der Waals surface area contributed by atoms with Crippen molar-refractivity contribution < 1.29 is 18.8 Å². The predicted molar refractivity (Wildman–Crippen MR) is 180 cm³/mol. The van der Waals surface area contributed by atoms with E-state index in [2.05, 4.69) is 19.9 Å². The highest BCUT2D eigenvalue weighted by molar-refractivity contribution is 7.84. The molecule has 0 radical (unpaired) electrons. The minimum Gasteiger partial charge on any atom is -0.506 e. The molecule has 43 heavy (non-hydrogen) atoms. The molecule has 0 spiro atoms. The summed E-state index contributed by atoms with van der Waals surface area (Å²) in [5, 5.41) is 21.6. The molecule has 0 aromatic heterocycles. The van der Waals surface area contributed by atoms with Crippen LogP contribution in [0.2, 0.25) is 0 Å². The minimum absolute atomic E-state index is 0.0672. The van der Waals surface area contributed by atoms with Gasteiger partial charge in [-0.15, -0.1) is 0 Å². The lowest BCUT2D eigenvalue weighted by Crippen LogP contribution is -2.33. The number of fused-ring (bicyclic) bond motifs is 1. The first-order valence-electron chi connectivity index (χ1n) is 16.9. The second-order valence-corrected chi connectivity index (χ2v) is 13.4. The molecule has 6 nitrogen and oxygen atoms in total. The average molecular weight is 613 g/mol. The third-order valence-electron chi connectivity index (χ3n) is 8.07. The monoisotopic (exact) mass is 612 g/mol. The fraction of sp³-hybridized carbons (Fsp3) is 0.667. The smallest absolute Gasteiger partial charge is 0.257 e. The van der Waals surface area contributed by atoms with E-state index in [4.69, 9.17) is 4.74 Å². The second-order valence-electron chi connectivity index (χ2n) is 11.7. The van der Waals surface area contributed by atoms with Crippen LogP contribution in [0.1, 0.15) is 133 Å². The summed E-state index contributed by atoms with van der Waals surface area (Å²) in [6, 6.07) is 11.1. The Kier molecular flexibility index (Phi) is 19.5. The van der Waals surface area contributed by atoms with Gasteiger partial charge in [0.15, 0.2) is 0 Å². The molecule has 0 fully saturated rings. The molecule has 240 valence electrons. The second kappa shape index (κ2) is 22.9. The summed E-state index contributed by atoms with van der Waals surface area (Å²) in [5.41, 5.74) is 0.184. The number of carbonyl (C=O) groups is 1. The van der Waals surface area contributed by atoms with Crippen LogP contribution >= 0.6 is 0 Å². The van der Waals surface area contributed by atoms with E-state index in [1.807, 2.05) is 18.2 Å². The van der Waals surface area contributed by atoms with Gasteiger partial charge in [0.2, 0.25) is 0 Å². The molecule has 0 heterocycles. The van der Waals surface area contributed by atoms with E-state index in [9.17, 15) is 19.4 Å². The number of ether oxygens (including phenoxy) is 1. The molecule has 0 aliphatic heterocycles. The number of aromatic hydroxyl groups is 1. The Morgan fingerprint density at radius 1 is 0.814 bits per heavy atom. The summed E-state index contributed by atoms with van der Waals surface area (Å²) in [6.45, 7) is 5.49. The molecule has 2 aromatic rings. The van der Waals surface area contributed by atoms with Gasteiger partial charge in [-0.05, 0) is 18.9 Å². The third kappa shape index (κ3) is 14.2. The predicted octanol–water partition coefficient (Wildman–Crippen LogP) is 9.31. The van der Waals surface area contributed by atoms with Crippen molar-refractivity contribution in [2.45, 2.75) is 123 Å². The molecule has 0 saturated carbocycles. The SMILES string of the molecule is CCCCCCCCCCCCCCCCN(CCC#N)C(=O)c1cc(OCCS(=O)CCCC)c2ccccc2c1O. The van der Waals surface area contributed by atoms with Crippen LogP contribution in [0.4, 0.5) is 0 Å². The third-order valence-corrected chi connectivity index (χ3v) is 9.43. The van der Waals surface area contributed by atoms with Crippen molar-refractivity contribution in [2.75, 3.05) is 31.2 Å².